The van der Waals surface area contributed by atoms with Gasteiger partial charge >= 0.3 is 0 Å². The molecule has 2 rings (SSSR count). The van der Waals surface area contributed by atoms with Crippen LogP contribution in [0.1, 0.15) is 56.3 Å². The normalized spacial score (nSPS) is 17.7. The highest BCUT2D eigenvalue weighted by molar-refractivity contribution is 5.77. The number of hydrogen-bond donors (Lipinski definition) is 0. The quantitative estimate of drug-likeness (QED) is 0.806. The van der Waals surface area contributed by atoms with Gasteiger partial charge in [-0.15, -0.1) is 0 Å². The van der Waals surface area contributed by atoms with Gasteiger partial charge in [0.2, 0.25) is 5.91 Å². The third kappa shape index (κ3) is 3.12. The minimum Gasteiger partial charge on any atom is -0.339 e. The lowest BCUT2D eigenvalue weighted by Gasteiger charge is -2.29. The lowest BCUT2D eigenvalue weighted by atomic mass is 9.91. The number of fused-ring (bicyclic) bond motifs is 1. The summed E-state index contributed by atoms with van der Waals surface area (Å²) in [6.07, 6.45) is 4.55. The summed E-state index contributed by atoms with van der Waals surface area (Å²) in [5.41, 5.74) is 3.84. The SMILES string of the molecule is C=Cc1ccc2c(c1)[C@H](N(C)C(=O)CC(C)(C)C)CC2. The second kappa shape index (κ2) is 5.43. The van der Waals surface area contributed by atoms with E-state index in [0.29, 0.717) is 6.42 Å². The van der Waals surface area contributed by atoms with Gasteiger partial charge in [0, 0.05) is 13.5 Å². The van der Waals surface area contributed by atoms with Gasteiger partial charge in [0.1, 0.15) is 0 Å². The van der Waals surface area contributed by atoms with Crippen molar-refractivity contribution in [3.63, 3.8) is 0 Å². The van der Waals surface area contributed by atoms with E-state index in [1.807, 2.05) is 18.0 Å². The number of aryl methyl sites for hydroxylation is 1. The Morgan fingerprint density at radius 3 is 2.75 bits per heavy atom. The molecule has 0 heterocycles. The third-order valence-corrected chi connectivity index (χ3v) is 3.99. The van der Waals surface area contributed by atoms with Crippen LogP contribution in [0, 0.1) is 5.41 Å². The van der Waals surface area contributed by atoms with Gasteiger partial charge in [-0.2, -0.15) is 0 Å². The Morgan fingerprint density at radius 1 is 1.45 bits per heavy atom. The topological polar surface area (TPSA) is 20.3 Å². The molecule has 0 bridgehead atoms. The summed E-state index contributed by atoms with van der Waals surface area (Å²) in [6.45, 7) is 10.2. The highest BCUT2D eigenvalue weighted by Crippen LogP contribution is 2.36. The summed E-state index contributed by atoms with van der Waals surface area (Å²) in [5, 5.41) is 0. The maximum atomic E-state index is 12.4. The standard InChI is InChI=1S/C18H25NO/c1-6-13-7-8-14-9-10-16(15(14)11-13)19(5)17(20)12-18(2,3)4/h6-8,11,16H,1,9-10,12H2,2-5H3/t16-/m1/s1. The maximum Gasteiger partial charge on any atom is 0.223 e. The lowest BCUT2D eigenvalue weighted by Crippen LogP contribution is -2.32. The summed E-state index contributed by atoms with van der Waals surface area (Å²) in [7, 11) is 1.94. The van der Waals surface area contributed by atoms with E-state index in [2.05, 4.69) is 45.5 Å². The molecule has 0 saturated carbocycles. The molecule has 1 aliphatic carbocycles. The molecule has 1 aliphatic rings. The Hall–Kier alpha value is -1.57. The summed E-state index contributed by atoms with van der Waals surface area (Å²) >= 11 is 0. The van der Waals surface area contributed by atoms with Gasteiger partial charge in [-0.1, -0.05) is 45.6 Å². The van der Waals surface area contributed by atoms with Crippen molar-refractivity contribution < 1.29 is 4.79 Å². The van der Waals surface area contributed by atoms with E-state index < -0.39 is 0 Å². The van der Waals surface area contributed by atoms with Crippen LogP contribution >= 0.6 is 0 Å². The van der Waals surface area contributed by atoms with Crippen molar-refractivity contribution in [2.24, 2.45) is 5.41 Å². The minimum atomic E-state index is 0.0374. The first-order valence-corrected chi connectivity index (χ1v) is 7.33. The van der Waals surface area contributed by atoms with Crippen molar-refractivity contribution in [1.82, 2.24) is 4.90 Å². The van der Waals surface area contributed by atoms with Gasteiger partial charge in [-0.05, 0) is 41.0 Å². The van der Waals surface area contributed by atoms with E-state index >= 15 is 0 Å². The zero-order valence-corrected chi connectivity index (χ0v) is 13.1. The Morgan fingerprint density at radius 2 is 2.15 bits per heavy atom. The van der Waals surface area contributed by atoms with Crippen molar-refractivity contribution in [2.75, 3.05) is 7.05 Å². The van der Waals surface area contributed by atoms with Gasteiger partial charge in [0.05, 0.1) is 6.04 Å². The number of carbonyl (C=O) groups excluding carboxylic acids is 1. The Bertz CT molecular complexity index is 525. The van der Waals surface area contributed by atoms with E-state index in [1.165, 1.54) is 11.1 Å². The minimum absolute atomic E-state index is 0.0374. The number of nitrogens with zero attached hydrogens (tertiary/aromatic N) is 1. The average molecular weight is 271 g/mol. The van der Waals surface area contributed by atoms with Crippen LogP contribution in [0.4, 0.5) is 0 Å². The highest BCUT2D eigenvalue weighted by Gasteiger charge is 2.30. The van der Waals surface area contributed by atoms with Crippen molar-refractivity contribution in [2.45, 2.75) is 46.1 Å². The van der Waals surface area contributed by atoms with Crippen LogP contribution in [0.3, 0.4) is 0 Å². The van der Waals surface area contributed by atoms with E-state index in [4.69, 9.17) is 0 Å². The fourth-order valence-corrected chi connectivity index (χ4v) is 2.88. The van der Waals surface area contributed by atoms with Crippen molar-refractivity contribution in [1.29, 1.82) is 0 Å². The highest BCUT2D eigenvalue weighted by atomic mass is 16.2. The third-order valence-electron chi connectivity index (χ3n) is 3.99. The largest absolute Gasteiger partial charge is 0.339 e. The number of carbonyl (C=O) groups is 1. The molecule has 108 valence electrons. The van der Waals surface area contributed by atoms with E-state index in [1.54, 1.807) is 0 Å². The van der Waals surface area contributed by atoms with E-state index in [-0.39, 0.29) is 17.4 Å². The Kier molecular flexibility index (Phi) is 4.03. The van der Waals surface area contributed by atoms with Gasteiger partial charge in [0.15, 0.2) is 0 Å². The monoisotopic (exact) mass is 271 g/mol. The van der Waals surface area contributed by atoms with Crippen LogP contribution in [-0.2, 0) is 11.2 Å². The molecule has 0 spiro atoms. The molecule has 1 aromatic carbocycles. The molecular weight excluding hydrogens is 246 g/mol. The molecule has 0 unspecified atom stereocenters. The second-order valence-corrected chi connectivity index (χ2v) is 6.96. The maximum absolute atomic E-state index is 12.4. The van der Waals surface area contributed by atoms with Crippen LogP contribution in [0.2, 0.25) is 0 Å². The first kappa shape index (κ1) is 14.8. The molecule has 0 radical (unpaired) electrons. The molecule has 1 aromatic rings. The van der Waals surface area contributed by atoms with Gasteiger partial charge in [0.25, 0.3) is 0 Å². The van der Waals surface area contributed by atoms with Gasteiger partial charge < -0.3 is 4.90 Å². The Balaban J connectivity index is 2.20. The molecule has 0 fully saturated rings. The molecule has 0 N–H and O–H groups in total. The van der Waals surface area contributed by atoms with Crippen LogP contribution in [0.25, 0.3) is 6.08 Å². The molecule has 20 heavy (non-hydrogen) atoms. The molecule has 0 aromatic heterocycles. The molecular formula is C18H25NO. The average Bonchev–Trinajstić information content (AvgIpc) is 2.78. The Labute approximate surface area is 122 Å². The smallest absolute Gasteiger partial charge is 0.223 e. The summed E-state index contributed by atoms with van der Waals surface area (Å²) < 4.78 is 0. The molecule has 1 amide bonds. The number of amides is 1. The molecule has 2 nitrogen and oxygen atoms in total. The fourth-order valence-electron chi connectivity index (χ4n) is 2.88. The zero-order valence-electron chi connectivity index (χ0n) is 13.1. The summed E-state index contributed by atoms with van der Waals surface area (Å²) in [5.74, 6) is 0.236. The van der Waals surface area contributed by atoms with E-state index in [9.17, 15) is 4.79 Å². The predicted octanol–water partition coefficient (Wildman–Crippen LogP) is 4.21. The van der Waals surface area contributed by atoms with Crippen molar-refractivity contribution in [3.8, 4) is 0 Å². The van der Waals surface area contributed by atoms with Crippen LogP contribution in [0.15, 0.2) is 24.8 Å². The van der Waals surface area contributed by atoms with Crippen LogP contribution in [0.5, 0.6) is 0 Å². The molecule has 2 heteroatoms. The van der Waals surface area contributed by atoms with E-state index in [0.717, 1.165) is 18.4 Å². The zero-order chi connectivity index (χ0) is 14.9. The van der Waals surface area contributed by atoms with Gasteiger partial charge in [-0.3, -0.25) is 4.79 Å². The van der Waals surface area contributed by atoms with Crippen LogP contribution < -0.4 is 0 Å². The van der Waals surface area contributed by atoms with Crippen LogP contribution in [-0.4, -0.2) is 17.9 Å². The summed E-state index contributed by atoms with van der Waals surface area (Å²) in [4.78, 5) is 14.4. The second-order valence-electron chi connectivity index (χ2n) is 6.96. The number of hydrogen-bond acceptors (Lipinski definition) is 1. The number of rotatable bonds is 3. The summed E-state index contributed by atoms with van der Waals surface area (Å²) in [6, 6.07) is 6.68. The van der Waals surface area contributed by atoms with Gasteiger partial charge in [-0.25, -0.2) is 0 Å². The molecule has 1 atom stereocenters. The van der Waals surface area contributed by atoms with Crippen molar-refractivity contribution >= 4 is 12.0 Å². The first-order chi connectivity index (χ1) is 9.31. The predicted molar refractivity (Wildman–Crippen MR) is 84.4 cm³/mol. The molecule has 0 saturated heterocycles. The molecule has 0 aliphatic heterocycles. The lowest BCUT2D eigenvalue weighted by molar-refractivity contribution is -0.134. The first-order valence-electron chi connectivity index (χ1n) is 7.33. The van der Waals surface area contributed by atoms with Crippen molar-refractivity contribution in [3.05, 3.63) is 41.5 Å². The number of benzene rings is 1. The fraction of sp³-hybridized carbons (Fsp3) is 0.500.